The van der Waals surface area contributed by atoms with Crippen LogP contribution in [0.5, 0.6) is 0 Å². The Labute approximate surface area is 222 Å². The summed E-state index contributed by atoms with van der Waals surface area (Å²) in [6.07, 6.45) is 0.657. The van der Waals surface area contributed by atoms with Crippen LogP contribution in [0.15, 0.2) is 101 Å². The molecule has 3 aromatic carbocycles. The van der Waals surface area contributed by atoms with Crippen LogP contribution in [-0.2, 0) is 14.8 Å². The van der Waals surface area contributed by atoms with Crippen LogP contribution in [0, 0.1) is 18.8 Å². The molecule has 6 heteroatoms. The van der Waals surface area contributed by atoms with E-state index in [1.165, 1.54) is 16.0 Å². The third-order valence-electron chi connectivity index (χ3n) is 8.43. The van der Waals surface area contributed by atoms with Crippen LogP contribution in [0.2, 0.25) is 13.1 Å². The molecule has 4 nitrogen and oxygen atoms in total. The van der Waals surface area contributed by atoms with E-state index >= 15 is 0 Å². The Hall–Kier alpha value is -2.80. The Morgan fingerprint density at radius 2 is 1.46 bits per heavy atom. The monoisotopic (exact) mass is 529 g/mol. The molecule has 1 aliphatic heterocycles. The summed E-state index contributed by atoms with van der Waals surface area (Å²) >= 11 is 0. The number of fused-ring (bicyclic) bond motifs is 1. The van der Waals surface area contributed by atoms with Gasteiger partial charge in [0.25, 0.3) is 0 Å². The number of sulfonamides is 1. The zero-order chi connectivity index (χ0) is 26.4. The van der Waals surface area contributed by atoms with Crippen LogP contribution in [0.3, 0.4) is 0 Å². The zero-order valence-corrected chi connectivity index (χ0v) is 23.8. The molecule has 1 heterocycles. The van der Waals surface area contributed by atoms with Gasteiger partial charge in [-0.05, 0) is 31.0 Å². The van der Waals surface area contributed by atoms with Crippen molar-refractivity contribution in [2.24, 2.45) is 11.8 Å². The van der Waals surface area contributed by atoms with Crippen molar-refractivity contribution in [3.05, 3.63) is 107 Å². The normalized spacial score (nSPS) is 23.1. The average Bonchev–Trinajstić information content (AvgIpc) is 3.02. The second kappa shape index (κ2) is 9.82. The van der Waals surface area contributed by atoms with Crippen molar-refractivity contribution in [2.75, 3.05) is 13.1 Å². The summed E-state index contributed by atoms with van der Waals surface area (Å²) < 4.78 is 29.5. The highest BCUT2D eigenvalue weighted by atomic mass is 32.2. The number of carbonyl (C=O) groups is 1. The van der Waals surface area contributed by atoms with Crippen molar-refractivity contribution < 1.29 is 13.2 Å². The van der Waals surface area contributed by atoms with Gasteiger partial charge in [-0.2, -0.15) is 4.31 Å². The Balaban J connectivity index is 1.66. The first-order valence-corrected chi connectivity index (χ1v) is 17.5. The van der Waals surface area contributed by atoms with Gasteiger partial charge in [0.15, 0.2) is 0 Å². The maximum absolute atomic E-state index is 13.9. The maximum Gasteiger partial charge on any atom is 0.243 e. The Bertz CT molecular complexity index is 1430. The van der Waals surface area contributed by atoms with E-state index in [1.807, 2.05) is 62.4 Å². The van der Waals surface area contributed by atoms with Crippen molar-refractivity contribution in [3.63, 3.8) is 0 Å². The average molecular weight is 530 g/mol. The number of hydrogen-bond acceptors (Lipinski definition) is 3. The van der Waals surface area contributed by atoms with E-state index in [0.29, 0.717) is 24.4 Å². The summed E-state index contributed by atoms with van der Waals surface area (Å²) in [5.41, 5.74) is 3.20. The van der Waals surface area contributed by atoms with Crippen molar-refractivity contribution in [2.45, 2.75) is 44.2 Å². The molecule has 0 saturated heterocycles. The molecule has 0 aromatic heterocycles. The first-order chi connectivity index (χ1) is 17.6. The summed E-state index contributed by atoms with van der Waals surface area (Å²) in [5, 5.41) is 2.65. The minimum absolute atomic E-state index is 0.168. The van der Waals surface area contributed by atoms with E-state index in [1.54, 1.807) is 16.4 Å². The number of Topliss-reactive ketones (excluding diaryl/α,β-unsaturated/α-hetero) is 1. The van der Waals surface area contributed by atoms with Gasteiger partial charge in [-0.15, -0.1) is 0 Å². The Morgan fingerprint density at radius 1 is 0.865 bits per heavy atom. The van der Waals surface area contributed by atoms with Crippen LogP contribution >= 0.6 is 0 Å². The number of benzene rings is 3. The molecule has 5 rings (SSSR count). The number of rotatable bonds is 5. The topological polar surface area (TPSA) is 54.5 Å². The van der Waals surface area contributed by atoms with Crippen LogP contribution in [0.25, 0.3) is 0 Å². The molecule has 0 spiro atoms. The molecule has 3 aromatic rings. The quantitative estimate of drug-likeness (QED) is 0.413. The van der Waals surface area contributed by atoms with E-state index in [4.69, 9.17) is 0 Å². The van der Waals surface area contributed by atoms with E-state index in [9.17, 15) is 13.2 Å². The van der Waals surface area contributed by atoms with Crippen LogP contribution in [-0.4, -0.2) is 39.7 Å². The molecule has 3 unspecified atom stereocenters. The Kier molecular flexibility index (Phi) is 6.86. The third-order valence-corrected chi connectivity index (χ3v) is 14.1. The first-order valence-electron chi connectivity index (χ1n) is 13.1. The standard InChI is InChI=1S/C31H35NO3SSi/c1-22-15-17-25(18-16-22)36(34,35)32-20-19-28(37(3,4)26-13-9-6-10-14-26)29-23(2)31(33)30(27(29)21-32)24-11-7-5-8-12-24/h5-18,23,27,30H,19-21H2,1-4H3. The van der Waals surface area contributed by atoms with Crippen LogP contribution in [0.4, 0.5) is 0 Å². The van der Waals surface area contributed by atoms with Crippen LogP contribution in [0.1, 0.15) is 30.4 Å². The van der Waals surface area contributed by atoms with Crippen molar-refractivity contribution in [1.29, 1.82) is 0 Å². The van der Waals surface area contributed by atoms with Gasteiger partial charge >= 0.3 is 0 Å². The van der Waals surface area contributed by atoms with Gasteiger partial charge in [0.2, 0.25) is 10.0 Å². The van der Waals surface area contributed by atoms with E-state index < -0.39 is 18.1 Å². The van der Waals surface area contributed by atoms with Crippen molar-refractivity contribution in [1.82, 2.24) is 4.31 Å². The number of hydrogen-bond donors (Lipinski definition) is 0. The number of carbonyl (C=O) groups excluding carboxylic acids is 1. The molecule has 0 radical (unpaired) electrons. The summed E-state index contributed by atoms with van der Waals surface area (Å²) in [6, 6.07) is 27.6. The van der Waals surface area contributed by atoms with E-state index in [0.717, 1.165) is 11.1 Å². The second-order valence-electron chi connectivity index (χ2n) is 11.0. The zero-order valence-electron chi connectivity index (χ0n) is 22.0. The molecule has 0 bridgehead atoms. The van der Waals surface area contributed by atoms with Gasteiger partial charge in [-0.3, -0.25) is 4.79 Å². The molecule has 2 aliphatic rings. The largest absolute Gasteiger partial charge is 0.298 e. The predicted octanol–water partition coefficient (Wildman–Crippen LogP) is 5.46. The molecule has 0 amide bonds. The lowest BCUT2D eigenvalue weighted by Gasteiger charge is -2.30. The number of aryl methyl sites for hydroxylation is 1. The molecule has 192 valence electrons. The highest BCUT2D eigenvalue weighted by Crippen LogP contribution is 2.49. The fourth-order valence-electron chi connectivity index (χ4n) is 6.34. The van der Waals surface area contributed by atoms with Crippen molar-refractivity contribution in [3.8, 4) is 0 Å². The number of nitrogens with zero attached hydrogens (tertiary/aromatic N) is 1. The van der Waals surface area contributed by atoms with E-state index in [2.05, 4.69) is 37.4 Å². The highest BCUT2D eigenvalue weighted by molar-refractivity contribution is 7.89. The van der Waals surface area contributed by atoms with Gasteiger partial charge < -0.3 is 0 Å². The summed E-state index contributed by atoms with van der Waals surface area (Å²) in [7, 11) is -5.87. The molecule has 1 saturated carbocycles. The predicted molar refractivity (Wildman–Crippen MR) is 152 cm³/mol. The fourth-order valence-corrected chi connectivity index (χ4v) is 11.0. The summed E-state index contributed by atoms with van der Waals surface area (Å²) in [5.74, 6) is -0.521. The van der Waals surface area contributed by atoms with Crippen LogP contribution < -0.4 is 5.19 Å². The maximum atomic E-state index is 13.9. The first kappa shape index (κ1) is 25.8. The molecule has 0 N–H and O–H groups in total. The molecule has 1 aliphatic carbocycles. The minimum atomic E-state index is -3.70. The summed E-state index contributed by atoms with van der Waals surface area (Å²) in [4.78, 5) is 14.2. The minimum Gasteiger partial charge on any atom is -0.298 e. The lowest BCUT2D eigenvalue weighted by Crippen LogP contribution is -2.45. The lowest BCUT2D eigenvalue weighted by atomic mass is 9.87. The second-order valence-corrected chi connectivity index (χ2v) is 17.3. The molecular weight excluding hydrogens is 494 g/mol. The molecule has 37 heavy (non-hydrogen) atoms. The molecule has 3 atom stereocenters. The highest BCUT2D eigenvalue weighted by Gasteiger charge is 2.50. The smallest absolute Gasteiger partial charge is 0.243 e. The van der Waals surface area contributed by atoms with Gasteiger partial charge in [0.1, 0.15) is 13.9 Å². The van der Waals surface area contributed by atoms with Gasteiger partial charge in [0.05, 0.1) is 10.8 Å². The third kappa shape index (κ3) is 4.56. The molecule has 1 fully saturated rings. The lowest BCUT2D eigenvalue weighted by molar-refractivity contribution is -0.121. The SMILES string of the molecule is Cc1ccc(S(=O)(=O)N2CCC([Si](C)(C)c3ccccc3)=C3C(C)C(=O)C(c4ccccc4)C3C2)cc1. The van der Waals surface area contributed by atoms with Gasteiger partial charge in [-0.1, -0.05) is 114 Å². The van der Waals surface area contributed by atoms with Crippen molar-refractivity contribution >= 4 is 29.1 Å². The fraction of sp³-hybridized carbons (Fsp3) is 0.323. The number of ketones is 1. The van der Waals surface area contributed by atoms with Gasteiger partial charge in [-0.25, -0.2) is 8.42 Å². The summed E-state index contributed by atoms with van der Waals surface area (Å²) in [6.45, 7) is 9.43. The molecular formula is C31H35NO3SSi. The van der Waals surface area contributed by atoms with E-state index in [-0.39, 0.29) is 23.5 Å². The Morgan fingerprint density at radius 3 is 2.08 bits per heavy atom. The van der Waals surface area contributed by atoms with Gasteiger partial charge in [0, 0.05) is 24.9 Å².